The van der Waals surface area contributed by atoms with Crippen LogP contribution in [0.4, 0.5) is 11.4 Å². The van der Waals surface area contributed by atoms with Crippen molar-refractivity contribution in [3.05, 3.63) is 79.9 Å². The molecule has 13 nitrogen and oxygen atoms in total. The number of carbonyl (C=O) groups excluding carboxylic acids is 2. The molecule has 2 aromatic carbocycles. The summed E-state index contributed by atoms with van der Waals surface area (Å²) in [5.74, 6) is -1.48. The molecule has 2 rings (SSSR count). The van der Waals surface area contributed by atoms with Gasteiger partial charge in [-0.05, 0) is 18.9 Å². The van der Waals surface area contributed by atoms with Crippen molar-refractivity contribution in [2.75, 3.05) is 13.2 Å². The van der Waals surface area contributed by atoms with Gasteiger partial charge in [-0.25, -0.2) is 0 Å². The average Bonchev–Trinajstić information content (AvgIpc) is 2.81. The van der Waals surface area contributed by atoms with Gasteiger partial charge in [0.1, 0.15) is 6.04 Å². The minimum Gasteiger partial charge on any atom is -0.390 e. The van der Waals surface area contributed by atoms with Crippen LogP contribution >= 0.6 is 0 Å². The molecule has 35 heavy (non-hydrogen) atoms. The monoisotopic (exact) mass is 506 g/mol. The van der Waals surface area contributed by atoms with Crippen molar-refractivity contribution in [2.45, 2.75) is 31.9 Å². The molecule has 0 radical (unpaired) electrons. The van der Waals surface area contributed by atoms with E-state index in [2.05, 4.69) is 10.6 Å². The van der Waals surface area contributed by atoms with Gasteiger partial charge in [-0.2, -0.15) is 0 Å². The summed E-state index contributed by atoms with van der Waals surface area (Å²) in [5, 5.41) is 27.3. The van der Waals surface area contributed by atoms with Crippen LogP contribution in [0.2, 0.25) is 6.04 Å². The fourth-order valence-electron chi connectivity index (χ4n) is 3.19. The van der Waals surface area contributed by atoms with Gasteiger partial charge in [0.05, 0.1) is 21.5 Å². The van der Waals surface area contributed by atoms with Crippen LogP contribution in [0.5, 0.6) is 0 Å². The summed E-state index contributed by atoms with van der Waals surface area (Å²) in [5.41, 5.74) is -0.900. The molecule has 4 N–H and O–H groups in total. The first kappa shape index (κ1) is 27.5. The van der Waals surface area contributed by atoms with Crippen molar-refractivity contribution in [1.82, 2.24) is 10.6 Å². The molecule has 0 unspecified atom stereocenters. The van der Waals surface area contributed by atoms with E-state index in [0.717, 1.165) is 18.2 Å². The van der Waals surface area contributed by atoms with Crippen LogP contribution in [-0.2, 0) is 15.6 Å². The van der Waals surface area contributed by atoms with Crippen LogP contribution in [0.15, 0.2) is 48.5 Å². The van der Waals surface area contributed by atoms with Crippen molar-refractivity contribution in [3.8, 4) is 0 Å². The Bertz CT molecular complexity index is 1030. The largest absolute Gasteiger partial charge is 0.495 e. The Morgan fingerprint density at radius 1 is 1.06 bits per heavy atom. The number of hydrogen-bond donors (Lipinski definition) is 4. The topological polar surface area (TPSA) is 194 Å². The molecule has 0 aliphatic carbocycles. The van der Waals surface area contributed by atoms with Gasteiger partial charge in [0, 0.05) is 37.7 Å². The summed E-state index contributed by atoms with van der Waals surface area (Å²) >= 11 is 0. The lowest BCUT2D eigenvalue weighted by Crippen LogP contribution is -2.48. The molecule has 0 aromatic heterocycles. The van der Waals surface area contributed by atoms with Crippen LogP contribution in [0, 0.1) is 20.2 Å². The molecular formula is C21H26N4O9Si. The maximum atomic E-state index is 12.8. The summed E-state index contributed by atoms with van der Waals surface area (Å²) in [7, 11) is -3.79. The standard InChI is InChI=1S/C21H26N4O9Si/c1-2-34-35(32,33)10-6-9-22-21(27)19(11-15-7-4-3-5-8-15)23-20(26)16-12-17(24(28)29)14-18(13-16)25(30)31/h3-5,7-8,12-14,19,32-33H,2,6,9-11H2,1H3,(H,22,27)(H,23,26)/t19-/m1/s1. The zero-order valence-electron chi connectivity index (χ0n) is 18.9. The Labute approximate surface area is 201 Å². The highest BCUT2D eigenvalue weighted by atomic mass is 28.4. The lowest BCUT2D eigenvalue weighted by Gasteiger charge is -2.20. The molecule has 0 saturated carbocycles. The van der Waals surface area contributed by atoms with Crippen LogP contribution in [0.1, 0.15) is 29.3 Å². The molecule has 0 aliphatic rings. The van der Waals surface area contributed by atoms with E-state index in [9.17, 15) is 39.4 Å². The third-order valence-electron chi connectivity index (χ3n) is 4.84. The van der Waals surface area contributed by atoms with Crippen molar-refractivity contribution < 1.29 is 33.5 Å². The highest BCUT2D eigenvalue weighted by molar-refractivity contribution is 6.57. The quantitative estimate of drug-likeness (QED) is 0.134. The summed E-state index contributed by atoms with van der Waals surface area (Å²) < 4.78 is 4.90. The van der Waals surface area contributed by atoms with Crippen molar-refractivity contribution in [3.63, 3.8) is 0 Å². The van der Waals surface area contributed by atoms with Crippen LogP contribution in [0.25, 0.3) is 0 Å². The number of hydrogen-bond acceptors (Lipinski definition) is 9. The van der Waals surface area contributed by atoms with Crippen LogP contribution < -0.4 is 10.6 Å². The Morgan fingerprint density at radius 2 is 1.66 bits per heavy atom. The lowest BCUT2D eigenvalue weighted by molar-refractivity contribution is -0.394. The summed E-state index contributed by atoms with van der Waals surface area (Å²) in [6, 6.07) is 10.1. The summed E-state index contributed by atoms with van der Waals surface area (Å²) in [6.45, 7) is 1.85. The number of rotatable bonds is 13. The normalized spacial score (nSPS) is 12.0. The van der Waals surface area contributed by atoms with Crippen molar-refractivity contribution in [2.24, 2.45) is 0 Å². The Hall–Kier alpha value is -3.72. The molecule has 188 valence electrons. The highest BCUT2D eigenvalue weighted by Gasteiger charge is 2.31. The molecule has 0 heterocycles. The van der Waals surface area contributed by atoms with Gasteiger partial charge >= 0.3 is 8.80 Å². The molecule has 2 amide bonds. The highest BCUT2D eigenvalue weighted by Crippen LogP contribution is 2.23. The number of nitro benzene ring substituents is 2. The zero-order chi connectivity index (χ0) is 26.0. The number of non-ortho nitro benzene ring substituents is 2. The zero-order valence-corrected chi connectivity index (χ0v) is 19.9. The SMILES string of the molecule is CCO[Si](O)(O)CCCNC(=O)[C@@H](Cc1ccccc1)NC(=O)c1cc([N+](=O)[O-])cc([N+](=O)[O-])c1. The second kappa shape index (κ2) is 12.7. The predicted octanol–water partition coefficient (Wildman–Crippen LogP) is 1.31. The molecule has 0 bridgehead atoms. The molecule has 0 saturated heterocycles. The van der Waals surface area contributed by atoms with E-state index in [1.807, 2.05) is 0 Å². The third-order valence-corrected chi connectivity index (χ3v) is 6.60. The van der Waals surface area contributed by atoms with Gasteiger partial charge in [0.15, 0.2) is 0 Å². The second-order valence-corrected chi connectivity index (χ2v) is 9.81. The first-order chi connectivity index (χ1) is 16.5. The summed E-state index contributed by atoms with van der Waals surface area (Å²) in [6.07, 6.45) is 0.293. The molecule has 0 spiro atoms. The smallest absolute Gasteiger partial charge is 0.390 e. The predicted molar refractivity (Wildman–Crippen MR) is 125 cm³/mol. The second-order valence-electron chi connectivity index (χ2n) is 7.54. The van der Waals surface area contributed by atoms with E-state index in [1.165, 1.54) is 0 Å². The molecule has 0 aliphatic heterocycles. The number of nitrogens with one attached hydrogen (secondary N) is 2. The molecule has 14 heteroatoms. The number of nitro groups is 2. The van der Waals surface area contributed by atoms with E-state index in [1.54, 1.807) is 37.3 Å². The van der Waals surface area contributed by atoms with Gasteiger partial charge in [0.2, 0.25) is 5.91 Å². The fraction of sp³-hybridized carbons (Fsp3) is 0.333. The number of amides is 2. The Balaban J connectivity index is 2.17. The van der Waals surface area contributed by atoms with E-state index in [4.69, 9.17) is 4.43 Å². The van der Waals surface area contributed by atoms with Gasteiger partial charge in [-0.1, -0.05) is 30.3 Å². The number of carbonyl (C=O) groups is 2. The van der Waals surface area contributed by atoms with Crippen molar-refractivity contribution >= 4 is 32.0 Å². The van der Waals surface area contributed by atoms with Gasteiger partial charge < -0.3 is 24.7 Å². The van der Waals surface area contributed by atoms with E-state index in [0.29, 0.717) is 5.56 Å². The number of benzene rings is 2. The minimum atomic E-state index is -3.79. The van der Waals surface area contributed by atoms with Gasteiger partial charge in [-0.15, -0.1) is 0 Å². The summed E-state index contributed by atoms with van der Waals surface area (Å²) in [4.78, 5) is 65.7. The Morgan fingerprint density at radius 3 is 2.20 bits per heavy atom. The maximum Gasteiger partial charge on any atom is 0.495 e. The van der Waals surface area contributed by atoms with Gasteiger partial charge in [0.25, 0.3) is 17.3 Å². The molecule has 2 aromatic rings. The molecular weight excluding hydrogens is 480 g/mol. The van der Waals surface area contributed by atoms with E-state index < -0.39 is 47.9 Å². The first-order valence-corrected chi connectivity index (χ1v) is 12.7. The number of nitrogens with zero attached hydrogens (tertiary/aromatic N) is 2. The third kappa shape index (κ3) is 8.86. The van der Waals surface area contributed by atoms with Crippen LogP contribution in [0.3, 0.4) is 0 Å². The van der Waals surface area contributed by atoms with E-state index in [-0.39, 0.29) is 37.6 Å². The van der Waals surface area contributed by atoms with E-state index >= 15 is 0 Å². The minimum absolute atomic E-state index is 0.0336. The average molecular weight is 507 g/mol. The Kier molecular flexibility index (Phi) is 9.95. The van der Waals surface area contributed by atoms with Crippen LogP contribution in [-0.4, -0.2) is 59.3 Å². The molecule has 0 fully saturated rings. The van der Waals surface area contributed by atoms with Gasteiger partial charge in [-0.3, -0.25) is 29.8 Å². The molecule has 1 atom stereocenters. The van der Waals surface area contributed by atoms with Crippen molar-refractivity contribution in [1.29, 1.82) is 0 Å². The first-order valence-electron chi connectivity index (χ1n) is 10.7. The lowest BCUT2D eigenvalue weighted by atomic mass is 10.0. The maximum absolute atomic E-state index is 12.8. The fourth-order valence-corrected chi connectivity index (χ4v) is 4.44.